The van der Waals surface area contributed by atoms with Crippen LogP contribution in [0.2, 0.25) is 0 Å². The smallest absolute Gasteiger partial charge is 0.325 e. The molecule has 1 rings (SSSR count). The van der Waals surface area contributed by atoms with E-state index in [1.165, 1.54) is 0 Å². The molecule has 2 N–H and O–H groups in total. The highest BCUT2D eigenvalue weighted by Gasteiger charge is 2.31. The molecule has 0 aromatic heterocycles. The van der Waals surface area contributed by atoms with Crippen LogP contribution in [0, 0.1) is 0 Å². The average molecular weight is 306 g/mol. The van der Waals surface area contributed by atoms with Crippen molar-refractivity contribution in [1.29, 1.82) is 0 Å². The third kappa shape index (κ3) is 5.03. The summed E-state index contributed by atoms with van der Waals surface area (Å²) >= 11 is 0. The summed E-state index contributed by atoms with van der Waals surface area (Å²) in [6, 6.07) is 0.0281. The topological polar surface area (TPSA) is 89.7 Å². The van der Waals surface area contributed by atoms with Gasteiger partial charge in [-0.3, -0.25) is 9.69 Å². The second kappa shape index (κ2) is 6.87. The van der Waals surface area contributed by atoms with Crippen molar-refractivity contribution in [2.75, 3.05) is 31.2 Å². The molecule has 1 heterocycles. The Morgan fingerprint density at radius 2 is 2.15 bits per heavy atom. The van der Waals surface area contributed by atoms with Gasteiger partial charge in [0.15, 0.2) is 9.84 Å². The largest absolute Gasteiger partial charge is 0.465 e. The maximum absolute atomic E-state index is 11.7. The zero-order valence-electron chi connectivity index (χ0n) is 12.6. The number of carbonyl (C=O) groups is 1. The molecule has 0 amide bonds. The summed E-state index contributed by atoms with van der Waals surface area (Å²) in [7, 11) is -2.88. The normalized spacial score (nSPS) is 25.9. The van der Waals surface area contributed by atoms with Crippen molar-refractivity contribution in [3.8, 4) is 0 Å². The van der Waals surface area contributed by atoms with E-state index in [-0.39, 0.29) is 23.5 Å². The van der Waals surface area contributed by atoms with Gasteiger partial charge in [-0.25, -0.2) is 8.42 Å². The van der Waals surface area contributed by atoms with E-state index in [9.17, 15) is 13.2 Å². The lowest BCUT2D eigenvalue weighted by molar-refractivity contribution is -0.149. The molecule has 1 saturated heterocycles. The Balaban J connectivity index is 2.39. The van der Waals surface area contributed by atoms with Gasteiger partial charge >= 0.3 is 5.97 Å². The van der Waals surface area contributed by atoms with Crippen LogP contribution in [0.15, 0.2) is 0 Å². The second-order valence-electron chi connectivity index (χ2n) is 5.74. The van der Waals surface area contributed by atoms with E-state index >= 15 is 0 Å². The van der Waals surface area contributed by atoms with Crippen LogP contribution in [-0.4, -0.2) is 62.1 Å². The van der Waals surface area contributed by atoms with Gasteiger partial charge in [-0.2, -0.15) is 0 Å². The van der Waals surface area contributed by atoms with E-state index in [0.717, 1.165) is 13.0 Å². The van der Waals surface area contributed by atoms with E-state index in [2.05, 4.69) is 4.90 Å². The first kappa shape index (κ1) is 17.4. The lowest BCUT2D eigenvalue weighted by Crippen LogP contribution is -2.49. The molecule has 0 radical (unpaired) electrons. The average Bonchev–Trinajstić information content (AvgIpc) is 2.31. The Morgan fingerprint density at radius 3 is 2.70 bits per heavy atom. The molecule has 6 nitrogen and oxygen atoms in total. The van der Waals surface area contributed by atoms with Crippen LogP contribution in [0.1, 0.15) is 33.6 Å². The zero-order valence-corrected chi connectivity index (χ0v) is 13.4. The summed E-state index contributed by atoms with van der Waals surface area (Å²) in [5, 5.41) is 0. The van der Waals surface area contributed by atoms with Crippen molar-refractivity contribution >= 4 is 15.8 Å². The molecule has 7 heteroatoms. The first-order valence-corrected chi connectivity index (χ1v) is 8.90. The lowest BCUT2D eigenvalue weighted by atomic mass is 9.97. The highest BCUT2D eigenvalue weighted by Crippen LogP contribution is 2.15. The summed E-state index contributed by atoms with van der Waals surface area (Å²) in [6.07, 6.45) is 1.28. The summed E-state index contributed by atoms with van der Waals surface area (Å²) < 4.78 is 27.9. The molecule has 2 atom stereocenters. The molecule has 0 saturated carbocycles. The SMILES string of the molecule is CCOC(=O)C(C)(N)CCCN1CCS(=O)(=O)CC1C. The van der Waals surface area contributed by atoms with Gasteiger partial charge in [-0.1, -0.05) is 0 Å². The Bertz CT molecular complexity index is 434. The van der Waals surface area contributed by atoms with Crippen molar-refractivity contribution in [3.05, 3.63) is 0 Å². The molecular formula is C13H26N2O4S. The summed E-state index contributed by atoms with van der Waals surface area (Å²) in [5.74, 6) is 0.0501. The lowest BCUT2D eigenvalue weighted by Gasteiger charge is -2.33. The summed E-state index contributed by atoms with van der Waals surface area (Å²) in [6.45, 7) is 6.99. The molecule has 2 unspecified atom stereocenters. The number of hydrogen-bond donors (Lipinski definition) is 1. The van der Waals surface area contributed by atoms with E-state index in [1.807, 2.05) is 6.92 Å². The van der Waals surface area contributed by atoms with Gasteiger partial charge in [0, 0.05) is 12.6 Å². The van der Waals surface area contributed by atoms with Gasteiger partial charge in [0.2, 0.25) is 0 Å². The van der Waals surface area contributed by atoms with Crippen LogP contribution in [-0.2, 0) is 19.4 Å². The number of nitrogens with two attached hydrogens (primary N) is 1. The van der Waals surface area contributed by atoms with Gasteiger partial charge in [-0.05, 0) is 40.2 Å². The molecule has 1 aliphatic rings. The molecular weight excluding hydrogens is 280 g/mol. The maximum atomic E-state index is 11.7. The van der Waals surface area contributed by atoms with E-state index < -0.39 is 15.4 Å². The highest BCUT2D eigenvalue weighted by atomic mass is 32.2. The number of sulfone groups is 1. The number of ether oxygens (including phenoxy) is 1. The fraction of sp³-hybridized carbons (Fsp3) is 0.923. The van der Waals surface area contributed by atoms with Crippen LogP contribution >= 0.6 is 0 Å². The Labute approximate surface area is 121 Å². The highest BCUT2D eigenvalue weighted by molar-refractivity contribution is 7.91. The third-order valence-corrected chi connectivity index (χ3v) is 5.49. The van der Waals surface area contributed by atoms with Crippen LogP contribution in [0.25, 0.3) is 0 Å². The third-order valence-electron chi connectivity index (χ3n) is 3.69. The molecule has 118 valence electrons. The Kier molecular flexibility index (Phi) is 5.97. The molecule has 1 fully saturated rings. The summed E-state index contributed by atoms with van der Waals surface area (Å²) in [5.41, 5.74) is 4.98. The quantitative estimate of drug-likeness (QED) is 0.703. The number of hydrogen-bond acceptors (Lipinski definition) is 6. The molecule has 20 heavy (non-hydrogen) atoms. The van der Waals surface area contributed by atoms with Gasteiger partial charge in [0.25, 0.3) is 0 Å². The van der Waals surface area contributed by atoms with Crippen molar-refractivity contribution < 1.29 is 17.9 Å². The monoisotopic (exact) mass is 306 g/mol. The first-order chi connectivity index (χ1) is 9.18. The van der Waals surface area contributed by atoms with Crippen molar-refractivity contribution in [2.24, 2.45) is 5.73 Å². The minimum absolute atomic E-state index is 0.0281. The predicted octanol–water partition coefficient (Wildman–Crippen LogP) is 0.166. The number of carbonyl (C=O) groups excluding carboxylic acids is 1. The van der Waals surface area contributed by atoms with Crippen molar-refractivity contribution in [2.45, 2.75) is 45.2 Å². The molecule has 0 bridgehead atoms. The van der Waals surface area contributed by atoms with E-state index in [1.54, 1.807) is 13.8 Å². The predicted molar refractivity (Wildman–Crippen MR) is 78.1 cm³/mol. The van der Waals surface area contributed by atoms with Gasteiger partial charge in [0.05, 0.1) is 18.1 Å². The number of esters is 1. The molecule has 0 aromatic carbocycles. The Morgan fingerprint density at radius 1 is 1.50 bits per heavy atom. The first-order valence-electron chi connectivity index (χ1n) is 7.08. The molecule has 0 aromatic rings. The molecule has 0 aliphatic carbocycles. The standard InChI is InChI=1S/C13H26N2O4S/c1-4-19-12(16)13(3,14)6-5-7-15-8-9-20(17,18)10-11(15)2/h11H,4-10,14H2,1-3H3. The molecule has 1 aliphatic heterocycles. The second-order valence-corrected chi connectivity index (χ2v) is 7.97. The minimum atomic E-state index is -2.88. The fourth-order valence-corrected chi connectivity index (χ4v) is 4.04. The van der Waals surface area contributed by atoms with E-state index in [4.69, 9.17) is 10.5 Å². The maximum Gasteiger partial charge on any atom is 0.325 e. The minimum Gasteiger partial charge on any atom is -0.465 e. The van der Waals surface area contributed by atoms with Crippen molar-refractivity contribution in [1.82, 2.24) is 4.90 Å². The Hall–Kier alpha value is -0.660. The van der Waals surface area contributed by atoms with Crippen LogP contribution in [0.4, 0.5) is 0 Å². The molecule has 0 spiro atoms. The summed E-state index contributed by atoms with van der Waals surface area (Å²) in [4.78, 5) is 13.8. The van der Waals surface area contributed by atoms with E-state index in [0.29, 0.717) is 19.6 Å². The van der Waals surface area contributed by atoms with Crippen LogP contribution < -0.4 is 5.73 Å². The van der Waals surface area contributed by atoms with Gasteiger partial charge < -0.3 is 10.5 Å². The number of rotatable bonds is 6. The van der Waals surface area contributed by atoms with Crippen LogP contribution in [0.3, 0.4) is 0 Å². The van der Waals surface area contributed by atoms with Gasteiger partial charge in [-0.15, -0.1) is 0 Å². The zero-order chi connectivity index (χ0) is 15.4. The van der Waals surface area contributed by atoms with Gasteiger partial charge in [0.1, 0.15) is 5.54 Å². The fourth-order valence-electron chi connectivity index (χ4n) is 2.41. The van der Waals surface area contributed by atoms with Crippen molar-refractivity contribution in [3.63, 3.8) is 0 Å². The van der Waals surface area contributed by atoms with Crippen LogP contribution in [0.5, 0.6) is 0 Å². The number of nitrogens with zero attached hydrogens (tertiary/aromatic N) is 1.